The molecule has 0 unspecified atom stereocenters. The zero-order chi connectivity index (χ0) is 20.6. The lowest BCUT2D eigenvalue weighted by Gasteiger charge is -2.18. The van der Waals surface area contributed by atoms with Crippen LogP contribution in [0.15, 0.2) is 48.5 Å². The van der Waals surface area contributed by atoms with Gasteiger partial charge in [0.2, 0.25) is 0 Å². The van der Waals surface area contributed by atoms with Crippen molar-refractivity contribution in [1.82, 2.24) is 0 Å². The molecule has 0 radical (unpaired) electrons. The fraction of sp³-hybridized carbons (Fsp3) is 0.190. The molecule has 0 bridgehead atoms. The zero-order valence-corrected chi connectivity index (χ0v) is 15.7. The molecule has 29 heavy (non-hydrogen) atoms. The van der Waals surface area contributed by atoms with Gasteiger partial charge in [-0.15, -0.1) is 0 Å². The molecule has 3 rings (SSSR count). The van der Waals surface area contributed by atoms with Crippen LogP contribution in [0, 0.1) is 0 Å². The molecular weight excluding hydrogens is 378 g/mol. The summed E-state index contributed by atoms with van der Waals surface area (Å²) in [5, 5.41) is 2.57. The Balaban J connectivity index is 1.47. The van der Waals surface area contributed by atoms with E-state index in [9.17, 15) is 14.4 Å². The molecule has 0 spiro atoms. The number of fused-ring (bicyclic) bond motifs is 1. The lowest BCUT2D eigenvalue weighted by molar-refractivity contribution is -0.142. The van der Waals surface area contributed by atoms with Crippen molar-refractivity contribution >= 4 is 29.6 Å². The molecule has 0 saturated heterocycles. The topological polar surface area (TPSA) is 100 Å². The molecule has 2 aromatic carbocycles. The fourth-order valence-electron chi connectivity index (χ4n) is 2.52. The monoisotopic (exact) mass is 397 g/mol. The van der Waals surface area contributed by atoms with Crippen LogP contribution in [0.25, 0.3) is 6.08 Å². The first-order valence-electron chi connectivity index (χ1n) is 8.78. The predicted molar refractivity (Wildman–Crippen MR) is 104 cm³/mol. The number of hydrogen-bond acceptors (Lipinski definition) is 7. The molecule has 1 amide bonds. The Bertz CT molecular complexity index is 935. The highest BCUT2D eigenvalue weighted by Gasteiger charge is 2.11. The maximum absolute atomic E-state index is 11.9. The van der Waals surface area contributed by atoms with Gasteiger partial charge < -0.3 is 24.3 Å². The van der Waals surface area contributed by atoms with Gasteiger partial charge in [-0.05, 0) is 48.0 Å². The summed E-state index contributed by atoms with van der Waals surface area (Å²) in [7, 11) is 1.29. The van der Waals surface area contributed by atoms with Crippen LogP contribution < -0.4 is 14.8 Å². The van der Waals surface area contributed by atoms with Gasteiger partial charge in [-0.2, -0.15) is 0 Å². The number of ether oxygens (including phenoxy) is 4. The Kier molecular flexibility index (Phi) is 6.47. The fourth-order valence-corrected chi connectivity index (χ4v) is 2.52. The Labute approximate surface area is 167 Å². The van der Waals surface area contributed by atoms with Gasteiger partial charge in [-0.1, -0.05) is 6.07 Å². The SMILES string of the molecule is COC(=O)c1ccc(NC(=O)COC(=O)/C=C/c2ccc3c(c2)OCCO3)cc1. The van der Waals surface area contributed by atoms with Gasteiger partial charge in [0.1, 0.15) is 13.2 Å². The minimum Gasteiger partial charge on any atom is -0.486 e. The average molecular weight is 397 g/mol. The second-order valence-electron chi connectivity index (χ2n) is 5.96. The molecular formula is C21H19NO7. The van der Waals surface area contributed by atoms with Gasteiger partial charge in [0.05, 0.1) is 12.7 Å². The summed E-state index contributed by atoms with van der Waals surface area (Å²) in [4.78, 5) is 35.1. The van der Waals surface area contributed by atoms with Crippen LogP contribution in [0.5, 0.6) is 11.5 Å². The van der Waals surface area contributed by atoms with E-state index in [0.717, 1.165) is 5.56 Å². The van der Waals surface area contributed by atoms with Crippen molar-refractivity contribution in [2.75, 3.05) is 32.2 Å². The predicted octanol–water partition coefficient (Wildman–Crippen LogP) is 2.44. The first-order valence-corrected chi connectivity index (χ1v) is 8.78. The third kappa shape index (κ3) is 5.58. The molecule has 0 fully saturated rings. The maximum atomic E-state index is 11.9. The quantitative estimate of drug-likeness (QED) is 0.590. The van der Waals surface area contributed by atoms with Gasteiger partial charge in [0.15, 0.2) is 18.1 Å². The molecule has 1 aliphatic heterocycles. The van der Waals surface area contributed by atoms with E-state index in [4.69, 9.17) is 14.2 Å². The van der Waals surface area contributed by atoms with E-state index >= 15 is 0 Å². The second-order valence-corrected chi connectivity index (χ2v) is 5.96. The molecule has 0 saturated carbocycles. The average Bonchev–Trinajstić information content (AvgIpc) is 2.76. The van der Waals surface area contributed by atoms with Gasteiger partial charge in [-0.25, -0.2) is 9.59 Å². The van der Waals surface area contributed by atoms with Gasteiger partial charge in [-0.3, -0.25) is 4.79 Å². The molecule has 1 aliphatic rings. The summed E-state index contributed by atoms with van der Waals surface area (Å²) >= 11 is 0. The van der Waals surface area contributed by atoms with E-state index in [1.807, 2.05) is 0 Å². The largest absolute Gasteiger partial charge is 0.486 e. The molecule has 1 heterocycles. The number of nitrogens with one attached hydrogen (secondary N) is 1. The Morgan fingerprint density at radius 1 is 1.03 bits per heavy atom. The summed E-state index contributed by atoms with van der Waals surface area (Å²) in [6, 6.07) is 11.4. The molecule has 150 valence electrons. The van der Waals surface area contributed by atoms with Crippen molar-refractivity contribution in [2.24, 2.45) is 0 Å². The van der Waals surface area contributed by atoms with Crippen LogP contribution in [0.4, 0.5) is 5.69 Å². The smallest absolute Gasteiger partial charge is 0.337 e. The van der Waals surface area contributed by atoms with Crippen molar-refractivity contribution in [2.45, 2.75) is 0 Å². The highest BCUT2D eigenvalue weighted by Crippen LogP contribution is 2.31. The summed E-state index contributed by atoms with van der Waals surface area (Å²) in [5.41, 5.74) is 1.56. The molecule has 2 aromatic rings. The highest BCUT2D eigenvalue weighted by molar-refractivity contribution is 5.95. The lowest BCUT2D eigenvalue weighted by atomic mass is 10.2. The van der Waals surface area contributed by atoms with E-state index < -0.39 is 24.5 Å². The van der Waals surface area contributed by atoms with Crippen LogP contribution in [-0.4, -0.2) is 44.8 Å². The number of methoxy groups -OCH3 is 1. The maximum Gasteiger partial charge on any atom is 0.337 e. The van der Waals surface area contributed by atoms with Crippen LogP contribution in [0.2, 0.25) is 0 Å². The molecule has 1 N–H and O–H groups in total. The molecule has 0 atom stereocenters. The first kappa shape index (κ1) is 19.9. The molecule has 8 nitrogen and oxygen atoms in total. The standard InChI is InChI=1S/C21H19NO7/c1-26-21(25)15-4-6-16(7-5-15)22-19(23)13-29-20(24)9-3-14-2-8-17-18(12-14)28-11-10-27-17/h2-9,12H,10-11,13H2,1H3,(H,22,23)/b9-3+. The number of esters is 2. The number of hydrogen-bond donors (Lipinski definition) is 1. The summed E-state index contributed by atoms with van der Waals surface area (Å²) in [5.74, 6) is -0.355. The Morgan fingerprint density at radius 3 is 2.48 bits per heavy atom. The number of rotatable bonds is 6. The van der Waals surface area contributed by atoms with Crippen molar-refractivity contribution in [3.63, 3.8) is 0 Å². The summed E-state index contributed by atoms with van der Waals surface area (Å²) in [6.45, 7) is 0.539. The van der Waals surface area contributed by atoms with Crippen LogP contribution >= 0.6 is 0 Å². The van der Waals surface area contributed by atoms with Crippen molar-refractivity contribution in [3.05, 3.63) is 59.7 Å². The number of carbonyl (C=O) groups is 3. The molecule has 8 heteroatoms. The highest BCUT2D eigenvalue weighted by atomic mass is 16.6. The summed E-state index contributed by atoms with van der Waals surface area (Å²) < 4.78 is 20.4. The van der Waals surface area contributed by atoms with E-state index in [1.54, 1.807) is 36.4 Å². The van der Waals surface area contributed by atoms with E-state index in [2.05, 4.69) is 10.1 Å². The third-order valence-electron chi connectivity index (χ3n) is 3.91. The van der Waals surface area contributed by atoms with E-state index in [-0.39, 0.29) is 0 Å². The minimum absolute atomic E-state index is 0.362. The minimum atomic E-state index is -0.656. The van der Waals surface area contributed by atoms with E-state index in [1.165, 1.54) is 25.3 Å². The van der Waals surface area contributed by atoms with Crippen molar-refractivity contribution in [1.29, 1.82) is 0 Å². The lowest BCUT2D eigenvalue weighted by Crippen LogP contribution is -2.20. The van der Waals surface area contributed by atoms with Crippen molar-refractivity contribution < 1.29 is 33.3 Å². The van der Waals surface area contributed by atoms with Crippen LogP contribution in [0.3, 0.4) is 0 Å². The Morgan fingerprint density at radius 2 is 1.76 bits per heavy atom. The normalized spacial score (nSPS) is 12.3. The van der Waals surface area contributed by atoms with E-state index in [0.29, 0.717) is 36.0 Å². The Hall–Kier alpha value is -3.81. The molecule has 0 aromatic heterocycles. The number of amides is 1. The first-order chi connectivity index (χ1) is 14.0. The molecule has 0 aliphatic carbocycles. The zero-order valence-electron chi connectivity index (χ0n) is 15.7. The van der Waals surface area contributed by atoms with Gasteiger partial charge in [0.25, 0.3) is 5.91 Å². The number of anilines is 1. The van der Waals surface area contributed by atoms with Gasteiger partial charge >= 0.3 is 11.9 Å². The third-order valence-corrected chi connectivity index (χ3v) is 3.91. The summed E-state index contributed by atoms with van der Waals surface area (Å²) in [6.07, 6.45) is 2.79. The number of carbonyl (C=O) groups excluding carboxylic acids is 3. The second kappa shape index (κ2) is 9.41. The van der Waals surface area contributed by atoms with Gasteiger partial charge in [0, 0.05) is 11.8 Å². The van der Waals surface area contributed by atoms with Crippen LogP contribution in [0.1, 0.15) is 15.9 Å². The van der Waals surface area contributed by atoms with Crippen LogP contribution in [-0.2, 0) is 19.1 Å². The van der Waals surface area contributed by atoms with Crippen molar-refractivity contribution in [3.8, 4) is 11.5 Å². The number of benzene rings is 2.